The van der Waals surface area contributed by atoms with Crippen molar-refractivity contribution in [1.29, 1.82) is 0 Å². The highest BCUT2D eigenvalue weighted by Gasteiger charge is 2.20. The summed E-state index contributed by atoms with van der Waals surface area (Å²) in [5.74, 6) is -1.09. The first-order valence-electron chi connectivity index (χ1n) is 6.18. The smallest absolute Gasteiger partial charge is 0.303 e. The number of carbonyl (C=O) groups is 2. The Hall–Kier alpha value is -2.63. The molecule has 0 aliphatic heterocycles. The van der Waals surface area contributed by atoms with E-state index in [2.05, 4.69) is 5.16 Å². The number of aliphatic carboxylic acids is 1. The zero-order chi connectivity index (χ0) is 14.4. The molecule has 1 heterocycles. The number of nitrogens with zero attached hydrogens (tertiary/aromatic N) is 2. The molecule has 0 saturated carbocycles. The molecule has 1 amide bonds. The summed E-state index contributed by atoms with van der Waals surface area (Å²) in [7, 11) is 0. The van der Waals surface area contributed by atoms with Crippen LogP contribution in [0.4, 0.5) is 5.69 Å². The van der Waals surface area contributed by atoms with Crippen LogP contribution < -0.4 is 4.90 Å². The first kappa shape index (κ1) is 13.8. The highest BCUT2D eigenvalue weighted by molar-refractivity contribution is 6.04. The van der Waals surface area contributed by atoms with Gasteiger partial charge in [-0.3, -0.25) is 9.59 Å². The molecule has 6 heteroatoms. The summed E-state index contributed by atoms with van der Waals surface area (Å²) >= 11 is 0. The fraction of sp³-hybridized carbons (Fsp3) is 0.214. The van der Waals surface area contributed by atoms with E-state index in [9.17, 15) is 9.59 Å². The van der Waals surface area contributed by atoms with Gasteiger partial charge in [0.25, 0.3) is 5.91 Å². The van der Waals surface area contributed by atoms with Crippen LogP contribution in [0, 0.1) is 0 Å². The van der Waals surface area contributed by atoms with Crippen molar-refractivity contribution in [1.82, 2.24) is 5.16 Å². The van der Waals surface area contributed by atoms with Gasteiger partial charge in [-0.15, -0.1) is 0 Å². The summed E-state index contributed by atoms with van der Waals surface area (Å²) in [6.07, 6.45) is 1.77. The number of carboxylic acids is 1. The Labute approximate surface area is 115 Å². The van der Waals surface area contributed by atoms with Gasteiger partial charge in [0.15, 0.2) is 0 Å². The third-order valence-corrected chi connectivity index (χ3v) is 2.73. The largest absolute Gasteiger partial charge is 0.481 e. The normalized spacial score (nSPS) is 10.2. The lowest BCUT2D eigenvalue weighted by Gasteiger charge is -2.21. The second-order valence-electron chi connectivity index (χ2n) is 4.17. The van der Waals surface area contributed by atoms with Crippen LogP contribution in [0.15, 0.2) is 47.1 Å². The van der Waals surface area contributed by atoms with Gasteiger partial charge >= 0.3 is 5.97 Å². The van der Waals surface area contributed by atoms with Gasteiger partial charge in [-0.1, -0.05) is 23.4 Å². The van der Waals surface area contributed by atoms with Crippen LogP contribution in [-0.2, 0) is 4.79 Å². The summed E-state index contributed by atoms with van der Waals surface area (Å²) < 4.78 is 4.87. The highest BCUT2D eigenvalue weighted by Crippen LogP contribution is 2.17. The molecule has 0 spiro atoms. The fourth-order valence-corrected chi connectivity index (χ4v) is 1.80. The molecular formula is C14H14N2O4. The molecule has 0 aliphatic rings. The fourth-order valence-electron chi connectivity index (χ4n) is 1.80. The zero-order valence-electron chi connectivity index (χ0n) is 10.7. The Morgan fingerprint density at radius 3 is 2.55 bits per heavy atom. The molecule has 2 aromatic rings. The minimum Gasteiger partial charge on any atom is -0.481 e. The van der Waals surface area contributed by atoms with Crippen molar-refractivity contribution in [3.05, 3.63) is 48.4 Å². The molecule has 6 nitrogen and oxygen atoms in total. The highest BCUT2D eigenvalue weighted by atomic mass is 16.5. The lowest BCUT2D eigenvalue weighted by Crippen LogP contribution is -2.32. The van der Waals surface area contributed by atoms with Crippen molar-refractivity contribution < 1.29 is 19.2 Å². The van der Waals surface area contributed by atoms with E-state index in [4.69, 9.17) is 9.63 Å². The number of anilines is 1. The number of aromatic nitrogens is 1. The zero-order valence-corrected chi connectivity index (χ0v) is 10.7. The van der Waals surface area contributed by atoms with Gasteiger partial charge in [0.05, 0.1) is 6.20 Å². The number of carbonyl (C=O) groups excluding carboxylic acids is 1. The summed E-state index contributed by atoms with van der Waals surface area (Å²) in [5, 5.41) is 12.2. The summed E-state index contributed by atoms with van der Waals surface area (Å²) in [5.41, 5.74) is 0.694. The number of benzene rings is 1. The van der Waals surface area contributed by atoms with Crippen LogP contribution in [-0.4, -0.2) is 28.7 Å². The van der Waals surface area contributed by atoms with Gasteiger partial charge in [-0.2, -0.15) is 0 Å². The van der Waals surface area contributed by atoms with Crippen molar-refractivity contribution >= 4 is 17.6 Å². The predicted octanol–water partition coefficient (Wildman–Crippen LogP) is 2.19. The molecular weight excluding hydrogens is 260 g/mol. The van der Waals surface area contributed by atoms with E-state index in [1.165, 1.54) is 17.2 Å². The van der Waals surface area contributed by atoms with E-state index in [1.807, 2.05) is 18.2 Å². The first-order chi connectivity index (χ1) is 9.68. The average Bonchev–Trinajstić information content (AvgIpc) is 2.98. The number of para-hydroxylation sites is 1. The van der Waals surface area contributed by atoms with Crippen LogP contribution in [0.3, 0.4) is 0 Å². The van der Waals surface area contributed by atoms with E-state index in [-0.39, 0.29) is 18.1 Å². The number of rotatable bonds is 6. The van der Waals surface area contributed by atoms with Gasteiger partial charge in [0.1, 0.15) is 0 Å². The molecule has 0 bridgehead atoms. The molecule has 0 radical (unpaired) electrons. The van der Waals surface area contributed by atoms with Gasteiger partial charge in [-0.25, -0.2) is 0 Å². The quantitative estimate of drug-likeness (QED) is 0.872. The van der Waals surface area contributed by atoms with E-state index in [1.54, 1.807) is 12.1 Å². The molecule has 2 rings (SSSR count). The Balaban J connectivity index is 2.16. The molecule has 0 aliphatic carbocycles. The number of hydrogen-bond donors (Lipinski definition) is 1. The van der Waals surface area contributed by atoms with Crippen LogP contribution in [0.25, 0.3) is 0 Å². The van der Waals surface area contributed by atoms with Gasteiger partial charge < -0.3 is 14.5 Å². The maximum Gasteiger partial charge on any atom is 0.303 e. The van der Waals surface area contributed by atoms with Crippen LogP contribution >= 0.6 is 0 Å². The second-order valence-corrected chi connectivity index (χ2v) is 4.17. The Morgan fingerprint density at radius 2 is 1.95 bits per heavy atom. The molecule has 0 fully saturated rings. The molecule has 1 N–H and O–H groups in total. The minimum absolute atomic E-state index is 0.00696. The van der Waals surface area contributed by atoms with Crippen molar-refractivity contribution in [3.63, 3.8) is 0 Å². The number of hydrogen-bond acceptors (Lipinski definition) is 4. The maximum absolute atomic E-state index is 12.3. The Kier molecular flexibility index (Phi) is 4.49. The Morgan fingerprint density at radius 1 is 1.20 bits per heavy atom. The lowest BCUT2D eigenvalue weighted by atomic mass is 10.2. The van der Waals surface area contributed by atoms with Crippen molar-refractivity contribution in [2.24, 2.45) is 0 Å². The Bertz CT molecular complexity index is 566. The molecule has 0 atom stereocenters. The summed E-state index contributed by atoms with van der Waals surface area (Å²) in [4.78, 5) is 24.4. The van der Waals surface area contributed by atoms with Gasteiger partial charge in [0, 0.05) is 24.7 Å². The molecule has 1 aromatic heterocycles. The molecule has 1 aromatic carbocycles. The standard InChI is InChI=1S/C14H14N2O4/c17-13(18)7-4-10-16(11-5-2-1-3-6-11)14(19)12-8-9-15-20-12/h1-3,5-6,8-9H,4,7,10H2,(H,17,18). The van der Waals surface area contributed by atoms with Crippen molar-refractivity contribution in [3.8, 4) is 0 Å². The first-order valence-corrected chi connectivity index (χ1v) is 6.18. The lowest BCUT2D eigenvalue weighted by molar-refractivity contribution is -0.137. The molecule has 20 heavy (non-hydrogen) atoms. The molecule has 0 unspecified atom stereocenters. The van der Waals surface area contributed by atoms with Gasteiger partial charge in [-0.05, 0) is 18.6 Å². The van der Waals surface area contributed by atoms with Crippen molar-refractivity contribution in [2.45, 2.75) is 12.8 Å². The third-order valence-electron chi connectivity index (χ3n) is 2.73. The van der Waals surface area contributed by atoms with Crippen LogP contribution in [0.1, 0.15) is 23.4 Å². The van der Waals surface area contributed by atoms with E-state index in [0.717, 1.165) is 0 Å². The van der Waals surface area contributed by atoms with Crippen LogP contribution in [0.2, 0.25) is 0 Å². The molecule has 0 saturated heterocycles. The topological polar surface area (TPSA) is 83.6 Å². The monoisotopic (exact) mass is 274 g/mol. The maximum atomic E-state index is 12.3. The van der Waals surface area contributed by atoms with Crippen molar-refractivity contribution in [2.75, 3.05) is 11.4 Å². The molecule has 104 valence electrons. The third kappa shape index (κ3) is 3.44. The predicted molar refractivity (Wildman–Crippen MR) is 71.5 cm³/mol. The minimum atomic E-state index is -0.884. The van der Waals surface area contributed by atoms with Gasteiger partial charge in [0.2, 0.25) is 5.76 Å². The van der Waals surface area contributed by atoms with E-state index >= 15 is 0 Å². The average molecular weight is 274 g/mol. The second kappa shape index (κ2) is 6.51. The number of amides is 1. The SMILES string of the molecule is O=C(O)CCCN(C(=O)c1ccno1)c1ccccc1. The summed E-state index contributed by atoms with van der Waals surface area (Å²) in [6.45, 7) is 0.301. The van der Waals surface area contributed by atoms with E-state index < -0.39 is 5.97 Å². The summed E-state index contributed by atoms with van der Waals surface area (Å²) in [6, 6.07) is 10.5. The van der Waals surface area contributed by atoms with E-state index in [0.29, 0.717) is 18.7 Å². The van der Waals surface area contributed by atoms with Crippen LogP contribution in [0.5, 0.6) is 0 Å². The number of carboxylic acid groups (broad SMARTS) is 1.